The zero-order valence-corrected chi connectivity index (χ0v) is 12.1. The van der Waals surface area contributed by atoms with Gasteiger partial charge in [-0.1, -0.05) is 17.7 Å². The van der Waals surface area contributed by atoms with Crippen molar-refractivity contribution in [1.29, 1.82) is 0 Å². The largest absolute Gasteiger partial charge is 0.436 e. The van der Waals surface area contributed by atoms with Gasteiger partial charge in [-0.25, -0.2) is 4.98 Å². The van der Waals surface area contributed by atoms with E-state index in [2.05, 4.69) is 10.3 Å². The Morgan fingerprint density at radius 1 is 1.29 bits per heavy atom. The number of alkyl halides is 1. The molecule has 4 nitrogen and oxygen atoms in total. The summed E-state index contributed by atoms with van der Waals surface area (Å²) < 4.78 is 5.77. The topological polar surface area (TPSA) is 55.1 Å². The Balaban J connectivity index is 1.98. The third-order valence-corrected chi connectivity index (χ3v) is 3.30. The molecule has 3 rings (SSSR count). The van der Waals surface area contributed by atoms with Crippen LogP contribution in [0, 0.1) is 6.92 Å². The number of nitrogens with one attached hydrogen (secondary N) is 1. The maximum atomic E-state index is 11.3. The Morgan fingerprint density at radius 2 is 2.14 bits per heavy atom. The van der Waals surface area contributed by atoms with E-state index in [4.69, 9.17) is 16.0 Å². The lowest BCUT2D eigenvalue weighted by Crippen LogP contribution is -2.12. The Hall–Kier alpha value is -2.33. The van der Waals surface area contributed by atoms with Crippen LogP contribution in [-0.4, -0.2) is 16.8 Å². The van der Waals surface area contributed by atoms with Crippen molar-refractivity contribution in [3.8, 4) is 11.5 Å². The summed E-state index contributed by atoms with van der Waals surface area (Å²) in [5.41, 5.74) is 4.08. The van der Waals surface area contributed by atoms with E-state index < -0.39 is 0 Å². The molecule has 0 fully saturated rings. The maximum absolute atomic E-state index is 11.3. The highest BCUT2D eigenvalue weighted by Gasteiger charge is 2.09. The molecule has 2 aromatic carbocycles. The van der Waals surface area contributed by atoms with E-state index in [1.165, 1.54) is 0 Å². The number of carbonyl (C=O) groups is 1. The van der Waals surface area contributed by atoms with Crippen LogP contribution < -0.4 is 5.32 Å². The first-order valence-corrected chi connectivity index (χ1v) is 7.02. The number of anilines is 1. The van der Waals surface area contributed by atoms with Crippen molar-refractivity contribution >= 4 is 34.3 Å². The molecular formula is C16H13ClN2O2. The SMILES string of the molecule is Cc1cccc(-c2nc3ccc(NC(=O)CCl)cc3o2)c1. The van der Waals surface area contributed by atoms with E-state index in [9.17, 15) is 4.79 Å². The maximum Gasteiger partial charge on any atom is 0.239 e. The molecule has 21 heavy (non-hydrogen) atoms. The van der Waals surface area contributed by atoms with Gasteiger partial charge in [0.2, 0.25) is 11.8 Å². The smallest absolute Gasteiger partial charge is 0.239 e. The van der Waals surface area contributed by atoms with E-state index in [0.717, 1.165) is 16.6 Å². The highest BCUT2D eigenvalue weighted by molar-refractivity contribution is 6.29. The normalized spacial score (nSPS) is 10.8. The van der Waals surface area contributed by atoms with Crippen molar-refractivity contribution in [2.75, 3.05) is 11.2 Å². The standard InChI is InChI=1S/C16H13ClN2O2/c1-10-3-2-4-11(7-10)16-19-13-6-5-12(8-14(13)21-16)18-15(20)9-17/h2-8H,9H2,1H3,(H,18,20). The highest BCUT2D eigenvalue weighted by Crippen LogP contribution is 2.26. The van der Waals surface area contributed by atoms with Crippen molar-refractivity contribution in [3.63, 3.8) is 0 Å². The number of oxazole rings is 1. The fraction of sp³-hybridized carbons (Fsp3) is 0.125. The first kappa shape index (κ1) is 13.6. The van der Waals surface area contributed by atoms with Gasteiger partial charge in [-0.2, -0.15) is 0 Å². The minimum absolute atomic E-state index is 0.0804. The summed E-state index contributed by atoms with van der Waals surface area (Å²) in [6.07, 6.45) is 0. The molecule has 1 aromatic heterocycles. The third kappa shape index (κ3) is 2.90. The second kappa shape index (κ2) is 5.58. The van der Waals surface area contributed by atoms with Crippen molar-refractivity contribution < 1.29 is 9.21 Å². The summed E-state index contributed by atoms with van der Waals surface area (Å²) in [5, 5.41) is 2.68. The van der Waals surface area contributed by atoms with Gasteiger partial charge in [-0.05, 0) is 31.2 Å². The Labute approximate surface area is 126 Å². The summed E-state index contributed by atoms with van der Waals surface area (Å²) in [6, 6.07) is 13.3. The molecule has 0 atom stereocenters. The number of benzene rings is 2. The van der Waals surface area contributed by atoms with Crippen LogP contribution in [0.4, 0.5) is 5.69 Å². The summed E-state index contributed by atoms with van der Waals surface area (Å²) >= 11 is 5.47. The number of fused-ring (bicyclic) bond motifs is 1. The highest BCUT2D eigenvalue weighted by atomic mass is 35.5. The van der Waals surface area contributed by atoms with Crippen molar-refractivity contribution in [2.24, 2.45) is 0 Å². The molecule has 1 amide bonds. The molecule has 0 bridgehead atoms. The van der Waals surface area contributed by atoms with E-state index in [-0.39, 0.29) is 11.8 Å². The molecule has 5 heteroatoms. The van der Waals surface area contributed by atoms with Gasteiger partial charge in [0.1, 0.15) is 11.4 Å². The molecule has 0 saturated heterocycles. The predicted octanol–water partition coefficient (Wildman–Crippen LogP) is 3.98. The van der Waals surface area contributed by atoms with Crippen molar-refractivity contribution in [1.82, 2.24) is 4.98 Å². The zero-order valence-electron chi connectivity index (χ0n) is 11.4. The van der Waals surface area contributed by atoms with Gasteiger partial charge in [-0.15, -0.1) is 11.6 Å². The second-order valence-corrected chi connectivity index (χ2v) is 5.02. The molecule has 1 N–H and O–H groups in total. The van der Waals surface area contributed by atoms with Crippen LogP contribution in [0.15, 0.2) is 46.9 Å². The van der Waals surface area contributed by atoms with Crippen LogP contribution in [0.5, 0.6) is 0 Å². The van der Waals surface area contributed by atoms with Gasteiger partial charge in [-0.3, -0.25) is 4.79 Å². The van der Waals surface area contributed by atoms with Gasteiger partial charge < -0.3 is 9.73 Å². The number of aromatic nitrogens is 1. The average Bonchev–Trinajstić information content (AvgIpc) is 2.90. The Morgan fingerprint density at radius 3 is 2.90 bits per heavy atom. The molecule has 0 aliphatic rings. The quantitative estimate of drug-likeness (QED) is 0.744. The lowest BCUT2D eigenvalue weighted by molar-refractivity contribution is -0.113. The second-order valence-electron chi connectivity index (χ2n) is 4.75. The number of rotatable bonds is 3. The van der Waals surface area contributed by atoms with Gasteiger partial charge in [0, 0.05) is 17.3 Å². The lowest BCUT2D eigenvalue weighted by Gasteiger charge is -2.01. The number of amides is 1. The van der Waals surface area contributed by atoms with Gasteiger partial charge in [0.25, 0.3) is 0 Å². The number of hydrogen-bond donors (Lipinski definition) is 1. The number of halogens is 1. The first-order valence-electron chi connectivity index (χ1n) is 6.49. The molecule has 0 radical (unpaired) electrons. The lowest BCUT2D eigenvalue weighted by atomic mass is 10.1. The monoisotopic (exact) mass is 300 g/mol. The predicted molar refractivity (Wildman–Crippen MR) is 83.5 cm³/mol. The van der Waals surface area contributed by atoms with E-state index in [0.29, 0.717) is 17.2 Å². The minimum Gasteiger partial charge on any atom is -0.436 e. The molecule has 3 aromatic rings. The molecular weight excluding hydrogens is 288 g/mol. The number of carbonyl (C=O) groups excluding carboxylic acids is 1. The summed E-state index contributed by atoms with van der Waals surface area (Å²) in [4.78, 5) is 15.8. The minimum atomic E-state index is -0.255. The fourth-order valence-electron chi connectivity index (χ4n) is 2.10. The van der Waals surface area contributed by atoms with Crippen LogP contribution in [0.25, 0.3) is 22.6 Å². The molecule has 1 heterocycles. The molecule has 0 aliphatic heterocycles. The molecule has 106 valence electrons. The Kier molecular flexibility index (Phi) is 3.62. The van der Waals surface area contributed by atoms with Crippen LogP contribution in [0.1, 0.15) is 5.56 Å². The van der Waals surface area contributed by atoms with E-state index in [1.807, 2.05) is 37.3 Å². The summed E-state index contributed by atoms with van der Waals surface area (Å²) in [6.45, 7) is 2.02. The summed E-state index contributed by atoms with van der Waals surface area (Å²) in [7, 11) is 0. The first-order chi connectivity index (χ1) is 10.2. The zero-order chi connectivity index (χ0) is 14.8. The van der Waals surface area contributed by atoms with Crippen molar-refractivity contribution in [2.45, 2.75) is 6.92 Å². The fourth-order valence-corrected chi connectivity index (χ4v) is 2.17. The summed E-state index contributed by atoms with van der Waals surface area (Å²) in [5.74, 6) is 0.229. The molecule has 0 spiro atoms. The molecule has 0 saturated carbocycles. The van der Waals surface area contributed by atoms with Crippen LogP contribution >= 0.6 is 11.6 Å². The number of aryl methyl sites for hydroxylation is 1. The third-order valence-electron chi connectivity index (χ3n) is 3.06. The molecule has 0 aliphatic carbocycles. The van der Waals surface area contributed by atoms with Gasteiger partial charge >= 0.3 is 0 Å². The van der Waals surface area contributed by atoms with Crippen LogP contribution in [0.2, 0.25) is 0 Å². The van der Waals surface area contributed by atoms with Crippen LogP contribution in [-0.2, 0) is 4.79 Å². The van der Waals surface area contributed by atoms with Crippen LogP contribution in [0.3, 0.4) is 0 Å². The number of hydrogen-bond acceptors (Lipinski definition) is 3. The molecule has 0 unspecified atom stereocenters. The van der Waals surface area contributed by atoms with E-state index >= 15 is 0 Å². The average molecular weight is 301 g/mol. The van der Waals surface area contributed by atoms with Crippen molar-refractivity contribution in [3.05, 3.63) is 48.0 Å². The Bertz CT molecular complexity index is 811. The van der Waals surface area contributed by atoms with E-state index in [1.54, 1.807) is 12.1 Å². The van der Waals surface area contributed by atoms with Gasteiger partial charge in [0.15, 0.2) is 5.58 Å². The number of nitrogens with zero attached hydrogens (tertiary/aromatic N) is 1. The van der Waals surface area contributed by atoms with Gasteiger partial charge in [0.05, 0.1) is 0 Å².